The number of nitro groups is 1. The fourth-order valence-corrected chi connectivity index (χ4v) is 1.29. The maximum atomic E-state index is 13.2. The Morgan fingerprint density at radius 2 is 2.08 bits per heavy atom. The van der Waals surface area contributed by atoms with Gasteiger partial charge in [-0.3, -0.25) is 10.1 Å². The van der Waals surface area contributed by atoms with Crippen LogP contribution in [0.5, 0.6) is 0 Å². The zero-order chi connectivity index (χ0) is 10.1. The Hall–Kier alpha value is -0.490. The van der Waals surface area contributed by atoms with Crippen LogP contribution in [0.25, 0.3) is 0 Å². The van der Waals surface area contributed by atoms with Crippen molar-refractivity contribution in [1.82, 2.24) is 0 Å². The molecule has 1 aromatic rings. The summed E-state index contributed by atoms with van der Waals surface area (Å²) in [5, 5.41) is 10.3. The van der Waals surface area contributed by atoms with Crippen LogP contribution in [0.15, 0.2) is 24.3 Å². The van der Waals surface area contributed by atoms with E-state index in [4.69, 9.17) is 0 Å². The Bertz CT molecular complexity index is 338. The van der Waals surface area contributed by atoms with Crippen molar-refractivity contribution in [2.75, 3.05) is 0 Å². The van der Waals surface area contributed by atoms with Crippen molar-refractivity contribution in [2.24, 2.45) is 0 Å². The Morgan fingerprint density at radius 3 is 2.54 bits per heavy atom. The Balaban J connectivity index is 3.13. The van der Waals surface area contributed by atoms with Gasteiger partial charge in [0.25, 0.3) is 5.69 Å². The number of hydrogen-bond donors (Lipinski definition) is 0. The molecule has 6 heteroatoms. The molecule has 0 fully saturated rings. The fourth-order valence-electron chi connectivity index (χ4n) is 0.796. The quantitative estimate of drug-likeness (QED) is 0.477. The molecule has 0 saturated carbocycles. The van der Waals surface area contributed by atoms with Gasteiger partial charge in [0.1, 0.15) is 0 Å². The van der Waals surface area contributed by atoms with Gasteiger partial charge in [0.15, 0.2) is 0 Å². The molecule has 1 aromatic carbocycles. The first-order valence-corrected chi connectivity index (χ1v) is 4.81. The molecule has 1 rings (SSSR count). The molecule has 70 valence electrons. The van der Waals surface area contributed by atoms with Crippen LogP contribution in [0.2, 0.25) is 0 Å². The van der Waals surface area contributed by atoms with E-state index in [9.17, 15) is 14.5 Å². The highest BCUT2D eigenvalue weighted by atomic mass is 79.9. The second kappa shape index (κ2) is 3.71. The number of halogens is 3. The molecular formula is C7H4Br2FNO2. The summed E-state index contributed by atoms with van der Waals surface area (Å²) in [5.74, 6) is 0. The van der Waals surface area contributed by atoms with Crippen molar-refractivity contribution in [3.8, 4) is 0 Å². The average molecular weight is 313 g/mol. The Morgan fingerprint density at radius 1 is 1.46 bits per heavy atom. The van der Waals surface area contributed by atoms with Gasteiger partial charge in [0, 0.05) is 17.7 Å². The van der Waals surface area contributed by atoms with Crippen LogP contribution in [0, 0.1) is 10.1 Å². The highest BCUT2D eigenvalue weighted by Crippen LogP contribution is 2.40. The minimum absolute atomic E-state index is 0.140. The summed E-state index contributed by atoms with van der Waals surface area (Å²) in [6.45, 7) is 0. The maximum Gasteiger partial charge on any atom is 0.269 e. The van der Waals surface area contributed by atoms with E-state index in [1.54, 1.807) is 0 Å². The Labute approximate surface area is 90.3 Å². The van der Waals surface area contributed by atoms with Crippen molar-refractivity contribution in [3.05, 3.63) is 39.9 Å². The van der Waals surface area contributed by atoms with Gasteiger partial charge in [0.05, 0.1) is 4.92 Å². The molecule has 0 unspecified atom stereocenters. The normalized spacial score (nSPS) is 11.3. The number of nitrogens with zero attached hydrogens (tertiary/aromatic N) is 1. The van der Waals surface area contributed by atoms with E-state index in [2.05, 4.69) is 31.9 Å². The van der Waals surface area contributed by atoms with Crippen LogP contribution in [0.3, 0.4) is 0 Å². The third-order valence-electron chi connectivity index (χ3n) is 1.38. The number of benzene rings is 1. The summed E-state index contributed by atoms with van der Waals surface area (Å²) >= 11 is 5.39. The van der Waals surface area contributed by atoms with E-state index in [0.29, 0.717) is 0 Å². The monoisotopic (exact) mass is 311 g/mol. The van der Waals surface area contributed by atoms with Gasteiger partial charge >= 0.3 is 0 Å². The molecule has 0 atom stereocenters. The van der Waals surface area contributed by atoms with Gasteiger partial charge in [-0.1, -0.05) is 12.1 Å². The molecule has 13 heavy (non-hydrogen) atoms. The van der Waals surface area contributed by atoms with Crippen molar-refractivity contribution >= 4 is 37.5 Å². The number of nitro benzene ring substituents is 1. The molecule has 0 aliphatic heterocycles. The summed E-state index contributed by atoms with van der Waals surface area (Å²) in [6, 6.07) is 5.32. The molecule has 0 aliphatic rings. The summed E-state index contributed by atoms with van der Waals surface area (Å²) in [4.78, 5) is 9.76. The van der Waals surface area contributed by atoms with Gasteiger partial charge in [-0.05, 0) is 31.9 Å². The average Bonchev–Trinajstić information content (AvgIpc) is 2.03. The summed E-state index contributed by atoms with van der Waals surface area (Å²) in [5.41, 5.74) is 0.0140. The maximum absolute atomic E-state index is 13.2. The number of alkyl halides is 3. The van der Waals surface area contributed by atoms with E-state index in [0.717, 1.165) is 6.07 Å². The Kier molecular flexibility index (Phi) is 3.02. The molecular weight excluding hydrogens is 309 g/mol. The van der Waals surface area contributed by atoms with Crippen molar-refractivity contribution in [1.29, 1.82) is 0 Å². The van der Waals surface area contributed by atoms with Crippen molar-refractivity contribution in [3.63, 3.8) is 0 Å². The lowest BCUT2D eigenvalue weighted by atomic mass is 10.2. The topological polar surface area (TPSA) is 43.1 Å². The second-order valence-electron chi connectivity index (χ2n) is 2.31. The minimum Gasteiger partial charge on any atom is -0.258 e. The second-order valence-corrected chi connectivity index (χ2v) is 5.55. The van der Waals surface area contributed by atoms with Crippen LogP contribution in [0.1, 0.15) is 5.56 Å². The van der Waals surface area contributed by atoms with Crippen LogP contribution in [-0.4, -0.2) is 4.92 Å². The first kappa shape index (κ1) is 10.6. The van der Waals surface area contributed by atoms with Crippen molar-refractivity contribution in [2.45, 2.75) is 3.49 Å². The zero-order valence-corrected chi connectivity index (χ0v) is 9.38. The van der Waals surface area contributed by atoms with Crippen molar-refractivity contribution < 1.29 is 9.31 Å². The van der Waals surface area contributed by atoms with Gasteiger partial charge in [-0.25, -0.2) is 4.39 Å². The van der Waals surface area contributed by atoms with Gasteiger partial charge < -0.3 is 0 Å². The number of rotatable bonds is 2. The van der Waals surface area contributed by atoms with Crippen LogP contribution in [0.4, 0.5) is 10.1 Å². The SMILES string of the molecule is O=[N+]([O-])c1cccc(C(F)(Br)Br)c1. The number of non-ortho nitro benzene ring substituents is 1. The summed E-state index contributed by atoms with van der Waals surface area (Å²) in [7, 11) is 0. The molecule has 0 amide bonds. The molecule has 3 nitrogen and oxygen atoms in total. The van der Waals surface area contributed by atoms with Gasteiger partial charge in [-0.15, -0.1) is 0 Å². The molecule has 0 N–H and O–H groups in total. The minimum atomic E-state index is -1.91. The molecule has 0 saturated heterocycles. The van der Waals surface area contributed by atoms with E-state index in [1.807, 2.05) is 0 Å². The molecule has 0 aromatic heterocycles. The van der Waals surface area contributed by atoms with E-state index < -0.39 is 8.41 Å². The molecule has 0 aliphatic carbocycles. The smallest absolute Gasteiger partial charge is 0.258 e. The lowest BCUT2D eigenvalue weighted by molar-refractivity contribution is -0.384. The molecule has 0 radical (unpaired) electrons. The summed E-state index contributed by atoms with van der Waals surface area (Å²) < 4.78 is 11.3. The third-order valence-corrected chi connectivity index (χ3v) is 2.30. The van der Waals surface area contributed by atoms with E-state index >= 15 is 0 Å². The van der Waals surface area contributed by atoms with E-state index in [-0.39, 0.29) is 11.3 Å². The highest BCUT2D eigenvalue weighted by molar-refractivity contribution is 9.24. The molecule has 0 spiro atoms. The predicted molar refractivity (Wildman–Crippen MR) is 53.7 cm³/mol. The first-order valence-electron chi connectivity index (χ1n) is 3.23. The molecule has 0 bridgehead atoms. The number of hydrogen-bond acceptors (Lipinski definition) is 2. The first-order chi connectivity index (χ1) is 5.91. The van der Waals surface area contributed by atoms with Gasteiger partial charge in [-0.2, -0.15) is 0 Å². The predicted octanol–water partition coefficient (Wildman–Crippen LogP) is 3.46. The summed E-state index contributed by atoms with van der Waals surface area (Å²) in [6.07, 6.45) is 0. The van der Waals surface area contributed by atoms with E-state index in [1.165, 1.54) is 18.2 Å². The fraction of sp³-hybridized carbons (Fsp3) is 0.143. The largest absolute Gasteiger partial charge is 0.269 e. The zero-order valence-electron chi connectivity index (χ0n) is 6.21. The van der Waals surface area contributed by atoms with Crippen LogP contribution < -0.4 is 0 Å². The van der Waals surface area contributed by atoms with Crippen LogP contribution in [-0.2, 0) is 3.49 Å². The standard InChI is InChI=1S/C7H4Br2FNO2/c8-7(9,10)5-2-1-3-6(4-5)11(12)13/h1-4H. The molecule has 0 heterocycles. The highest BCUT2D eigenvalue weighted by Gasteiger charge is 2.25. The lowest BCUT2D eigenvalue weighted by Gasteiger charge is -2.09. The van der Waals surface area contributed by atoms with Gasteiger partial charge in [0.2, 0.25) is 3.49 Å². The third kappa shape index (κ3) is 2.73. The lowest BCUT2D eigenvalue weighted by Crippen LogP contribution is -2.00. The van der Waals surface area contributed by atoms with Crippen LogP contribution >= 0.6 is 31.9 Å².